The zero-order valence-electron chi connectivity index (χ0n) is 66.7. The number of hydrogen-bond donors (Lipinski definition) is 0. The first-order chi connectivity index (χ1) is 39.0. The molecule has 0 atom stereocenters. The molecule has 0 N–H and O–H groups in total. The lowest BCUT2D eigenvalue weighted by atomic mass is 9.61. The Morgan fingerprint density at radius 3 is 1.06 bits per heavy atom. The fourth-order valence-corrected chi connectivity index (χ4v) is 17.1. The van der Waals surface area contributed by atoms with E-state index in [0.29, 0.717) is 16.6 Å². The number of thioether (sulfide) groups is 3. The summed E-state index contributed by atoms with van der Waals surface area (Å²) in [6.07, 6.45) is 0. The molecule has 90 heavy (non-hydrogen) atoms. The molecule has 0 aromatic carbocycles. The largest absolute Gasteiger partial charge is 0.490 e. The van der Waals surface area contributed by atoms with Gasteiger partial charge in [0.1, 0.15) is 38.7 Å². The Morgan fingerprint density at radius 1 is 0.356 bits per heavy atom. The van der Waals surface area contributed by atoms with Crippen LogP contribution in [0, 0.1) is 21.7 Å². The molecule has 7 aliphatic rings. The summed E-state index contributed by atoms with van der Waals surface area (Å²) in [6, 6.07) is 0. The molecule has 7 rings (SSSR count). The predicted octanol–water partition coefficient (Wildman–Crippen LogP) is 21.1. The third kappa shape index (κ3) is 16.9. The van der Waals surface area contributed by atoms with Gasteiger partial charge in [0, 0.05) is 62.5 Å². The van der Waals surface area contributed by atoms with Crippen LogP contribution in [0.25, 0.3) is 0 Å². The van der Waals surface area contributed by atoms with Crippen LogP contribution in [0.5, 0.6) is 0 Å². The van der Waals surface area contributed by atoms with Crippen molar-refractivity contribution in [3.8, 4) is 0 Å². The van der Waals surface area contributed by atoms with Crippen LogP contribution in [-0.2, 0) is 33.6 Å². The van der Waals surface area contributed by atoms with Crippen molar-refractivity contribution in [3.63, 3.8) is 0 Å². The van der Waals surface area contributed by atoms with Crippen LogP contribution in [-0.4, -0.2) is 123 Å². The van der Waals surface area contributed by atoms with Crippen molar-refractivity contribution in [1.29, 1.82) is 0 Å². The number of rotatable bonds is 0. The molecule has 0 bridgehead atoms. The zero-order chi connectivity index (χ0) is 72.5. The van der Waals surface area contributed by atoms with Crippen LogP contribution in [0.3, 0.4) is 0 Å². The highest BCUT2D eigenvalue weighted by molar-refractivity contribution is 8.15. The lowest BCUT2D eigenvalue weighted by Crippen LogP contribution is -2.64. The highest BCUT2D eigenvalue weighted by Gasteiger charge is 2.57. The van der Waals surface area contributed by atoms with E-state index >= 15 is 0 Å². The maximum Gasteiger partial charge on any atom is 0.223 e. The second kappa shape index (κ2) is 26.6. The van der Waals surface area contributed by atoms with Crippen molar-refractivity contribution >= 4 is 72.8 Å². The number of ether oxygens (including phenoxy) is 4. The molecular formula is C73H138N6O7S4. The maximum absolute atomic E-state index is 12.1. The molecule has 0 saturated heterocycles. The second-order valence-corrected chi connectivity index (χ2v) is 43.3. The van der Waals surface area contributed by atoms with Gasteiger partial charge in [-0.25, -0.2) is 13.4 Å². The minimum atomic E-state index is -3.24. The highest BCUT2D eigenvalue weighted by Crippen LogP contribution is 2.56. The lowest BCUT2D eigenvalue weighted by Gasteiger charge is -2.58. The Morgan fingerprint density at radius 2 is 0.711 bits per heavy atom. The molecule has 0 aliphatic carbocycles. The maximum atomic E-state index is 12.1. The SMILES string of the molecule is CC1=C(C)S(=O)(=O)C(C)(C)C(C)(C)O1.CC1=C(C)SC(C)(C)C(C)(C)O1.CC1=NC(C)(C)C(C)(C)C(C)(C)N1C.CC1=NC(C)(C)C(C)(C)C(C)(C)O1.CC1=NC(C)(C)C(C)(C)C(C)(C)S1.CC1=NC(C)(C)C(C)(C)C(C)(C)S1.CC1=NOC(C)(C)C(C)(C)O1. The summed E-state index contributed by atoms with van der Waals surface area (Å²) in [4.78, 5) is 28.0. The summed E-state index contributed by atoms with van der Waals surface area (Å²) in [5.74, 6) is 4.11. The van der Waals surface area contributed by atoms with Crippen molar-refractivity contribution in [2.24, 2.45) is 46.8 Å². The Balaban J connectivity index is 0.000000526. The quantitative estimate of drug-likeness (QED) is 0.228. The Kier molecular flexibility index (Phi) is 25.3. The van der Waals surface area contributed by atoms with Crippen molar-refractivity contribution in [3.05, 3.63) is 21.3 Å². The number of nitrogens with zero attached hydrogens (tertiary/aromatic N) is 6. The van der Waals surface area contributed by atoms with Crippen molar-refractivity contribution in [2.45, 2.75) is 386 Å². The average Bonchev–Trinajstić information content (AvgIpc) is 0.963. The van der Waals surface area contributed by atoms with Gasteiger partial charge in [-0.1, -0.05) is 60.5 Å². The molecule has 13 nitrogen and oxygen atoms in total. The molecule has 0 amide bonds. The molecule has 526 valence electrons. The van der Waals surface area contributed by atoms with Gasteiger partial charge in [-0.05, 0) is 242 Å². The van der Waals surface area contributed by atoms with Crippen molar-refractivity contribution in [2.75, 3.05) is 7.05 Å². The zero-order valence-corrected chi connectivity index (χ0v) is 69.9. The molecule has 7 aliphatic heterocycles. The van der Waals surface area contributed by atoms with Crippen LogP contribution < -0.4 is 0 Å². The Labute approximate surface area is 567 Å². The van der Waals surface area contributed by atoms with Gasteiger partial charge >= 0.3 is 0 Å². The topological polar surface area (TPSA) is 145 Å². The van der Waals surface area contributed by atoms with E-state index in [1.807, 2.05) is 76.8 Å². The third-order valence-electron chi connectivity index (χ3n) is 24.9. The van der Waals surface area contributed by atoms with Gasteiger partial charge in [0.25, 0.3) is 0 Å². The lowest BCUT2D eigenvalue weighted by molar-refractivity contribution is -0.166. The molecule has 17 heteroatoms. The van der Waals surface area contributed by atoms with Crippen molar-refractivity contribution < 1.29 is 32.2 Å². The standard InChI is InChI=1S/C12H24N2.C11H21NO.2C11H21NS.C10H18O3S.C10H18OS.C8H15NO2/c1-9-13-11(4,5)10(2,3)12(6,7)14(9)8;3*1-8-12-10(4,5)9(2,3)11(6,7)13-8;1-7-8(2)14(11,12)10(5,6)9(3,4)13-7;1-7-8(2)12-10(5,6)9(3,4)11-7;1-6-9-11-8(4,5)7(2,3)10-6/h1-8H3;3*1-7H3;1-6H3;1-6H3;1-5H3. The predicted molar refractivity (Wildman–Crippen MR) is 399 cm³/mol. The average molecular weight is 1340 g/mol. The van der Waals surface area contributed by atoms with Crippen LogP contribution in [0.1, 0.15) is 312 Å². The number of allylic oxidation sites excluding steroid dienone is 4. The van der Waals surface area contributed by atoms with Gasteiger partial charge in [-0.3, -0.25) is 15.0 Å². The number of oxime groups is 1. The molecule has 0 radical (unpaired) electrons. The van der Waals surface area contributed by atoms with Gasteiger partial charge in [0.2, 0.25) is 5.90 Å². The van der Waals surface area contributed by atoms with E-state index in [-0.39, 0.29) is 86.0 Å². The van der Waals surface area contributed by atoms with E-state index in [1.54, 1.807) is 48.5 Å². The van der Waals surface area contributed by atoms with Gasteiger partial charge in [-0.2, -0.15) is 0 Å². The second-order valence-electron chi connectivity index (χ2n) is 35.1. The van der Waals surface area contributed by atoms with Gasteiger partial charge in [0.15, 0.2) is 21.3 Å². The highest BCUT2D eigenvalue weighted by atomic mass is 32.2. The van der Waals surface area contributed by atoms with Crippen LogP contribution in [0.2, 0.25) is 0 Å². The van der Waals surface area contributed by atoms with Crippen LogP contribution in [0.15, 0.2) is 46.5 Å². The summed E-state index contributed by atoms with van der Waals surface area (Å²) < 4.78 is 46.8. The van der Waals surface area contributed by atoms with E-state index in [2.05, 4.69) is 244 Å². The molecule has 0 spiro atoms. The number of aliphatic imine (C=N–C) groups is 4. The summed E-state index contributed by atoms with van der Waals surface area (Å²) >= 11 is 5.72. The summed E-state index contributed by atoms with van der Waals surface area (Å²) in [5, 5.41) is 6.21. The van der Waals surface area contributed by atoms with Crippen LogP contribution >= 0.6 is 35.3 Å². The molecule has 0 aromatic rings. The van der Waals surface area contributed by atoms with E-state index in [4.69, 9.17) is 38.8 Å². The fraction of sp³-hybridized carbons (Fsp3) is 0.877. The van der Waals surface area contributed by atoms with Gasteiger partial charge < -0.3 is 28.7 Å². The van der Waals surface area contributed by atoms with E-state index in [9.17, 15) is 8.42 Å². The summed E-state index contributed by atoms with van der Waals surface area (Å²) in [5.41, 5.74) is -0.724. The summed E-state index contributed by atoms with van der Waals surface area (Å²) in [7, 11) is -1.11. The third-order valence-corrected chi connectivity index (χ3v) is 32.2. The Bertz CT molecular complexity index is 2780. The first-order valence-electron chi connectivity index (χ1n) is 32.6. The molecule has 0 aromatic heterocycles. The minimum absolute atomic E-state index is 0.00704. The first kappa shape index (κ1) is 85.6. The first-order valence-corrected chi connectivity index (χ1v) is 36.6. The normalized spacial score (nSPS) is 28.4. The van der Waals surface area contributed by atoms with E-state index < -0.39 is 20.2 Å². The van der Waals surface area contributed by atoms with E-state index in [1.165, 1.54) is 15.0 Å². The van der Waals surface area contributed by atoms with Gasteiger partial charge in [0.05, 0.1) is 47.7 Å². The van der Waals surface area contributed by atoms with E-state index in [0.717, 1.165) is 17.5 Å². The Hall–Kier alpha value is -2.37. The van der Waals surface area contributed by atoms with Crippen LogP contribution in [0.4, 0.5) is 0 Å². The summed E-state index contributed by atoms with van der Waals surface area (Å²) in [6.45, 7) is 95.3. The smallest absolute Gasteiger partial charge is 0.223 e. The number of amidine groups is 1. The molecule has 0 saturated carbocycles. The molecule has 0 unspecified atom stereocenters. The fourth-order valence-electron chi connectivity index (χ4n) is 11.0. The monoisotopic (exact) mass is 1340 g/mol. The number of hydrogen-bond acceptors (Lipinski definition) is 16. The van der Waals surface area contributed by atoms with Gasteiger partial charge in [-0.15, -0.1) is 35.3 Å². The van der Waals surface area contributed by atoms with Crippen molar-refractivity contribution in [1.82, 2.24) is 4.90 Å². The molecular weight excluding hydrogens is 1200 g/mol. The molecule has 0 fully saturated rings. The number of sulfone groups is 1. The minimum Gasteiger partial charge on any atom is -0.490 e. The molecule has 7 heterocycles.